The molecule has 0 atom stereocenters. The quantitative estimate of drug-likeness (QED) is 0.625. The minimum absolute atomic E-state index is 0. The number of nitrogens with one attached hydrogen (secondary N) is 1. The van der Waals surface area contributed by atoms with Crippen LogP contribution in [0.3, 0.4) is 0 Å². The predicted molar refractivity (Wildman–Crippen MR) is 63.5 cm³/mol. The Bertz CT molecular complexity index is 427. The normalized spacial score (nSPS) is 14.5. The number of fused-ring (bicyclic) bond motifs is 1. The van der Waals surface area contributed by atoms with E-state index in [-0.39, 0.29) is 32.7 Å². The third-order valence-corrected chi connectivity index (χ3v) is 2.42. The molecule has 1 aromatic rings. The van der Waals surface area contributed by atoms with Crippen molar-refractivity contribution >= 4 is 23.5 Å². The van der Waals surface area contributed by atoms with E-state index in [4.69, 9.17) is 11.6 Å². The van der Waals surface area contributed by atoms with Crippen LogP contribution in [-0.4, -0.2) is 12.8 Å². The summed E-state index contributed by atoms with van der Waals surface area (Å²) in [5.74, 6) is 0. The number of nitrogens with zero attached hydrogens (tertiary/aromatic N) is 1. The Morgan fingerprint density at radius 1 is 1.50 bits per heavy atom. The molecular weight excluding hydrogens is 297 g/mol. The van der Waals surface area contributed by atoms with Crippen LogP contribution in [0.4, 0.5) is 5.69 Å². The fourth-order valence-corrected chi connectivity index (χ4v) is 1.70. The van der Waals surface area contributed by atoms with Crippen molar-refractivity contribution < 1.29 is 32.7 Å². The molecule has 1 aliphatic heterocycles. The first kappa shape index (κ1) is 13.9. The molecule has 1 radical (unpaired) electrons. The number of hydrogen-bond acceptors (Lipinski definition) is 2. The number of benzene rings is 1. The number of rotatable bonds is 1. The molecule has 1 N–H and O–H groups in total. The van der Waals surface area contributed by atoms with Crippen molar-refractivity contribution in [2.45, 2.75) is 13.3 Å². The van der Waals surface area contributed by atoms with E-state index < -0.39 is 0 Å². The summed E-state index contributed by atoms with van der Waals surface area (Å²) in [5, 5.41) is 4.03. The number of hydrogen-bond donors (Lipinski definition) is 1. The monoisotopic (exact) mass is 307 g/mol. The van der Waals surface area contributed by atoms with Gasteiger partial charge in [-0.1, -0.05) is 35.8 Å². The zero-order valence-electron chi connectivity index (χ0n) is 9.05. The molecule has 0 spiro atoms. The van der Waals surface area contributed by atoms with Gasteiger partial charge in [-0.3, -0.25) is 6.08 Å². The summed E-state index contributed by atoms with van der Waals surface area (Å²) in [6.45, 7) is 2.65. The molecule has 0 fully saturated rings. The molecule has 0 saturated carbocycles. The van der Waals surface area contributed by atoms with Gasteiger partial charge < -0.3 is 10.3 Å². The summed E-state index contributed by atoms with van der Waals surface area (Å²) in [6, 6.07) is 5.72. The van der Waals surface area contributed by atoms with E-state index in [1.54, 1.807) is 6.92 Å². The van der Waals surface area contributed by atoms with Gasteiger partial charge in [0.2, 0.25) is 0 Å². The van der Waals surface area contributed by atoms with Gasteiger partial charge in [-0.15, -0.1) is 13.0 Å². The Morgan fingerprint density at radius 3 is 3.06 bits per heavy atom. The van der Waals surface area contributed by atoms with Crippen LogP contribution in [0.1, 0.15) is 18.9 Å². The van der Waals surface area contributed by atoms with Gasteiger partial charge in [0.15, 0.2) is 0 Å². The minimum atomic E-state index is 0. The Kier molecular flexibility index (Phi) is 5.67. The summed E-state index contributed by atoms with van der Waals surface area (Å²) in [7, 11) is 0. The minimum Gasteiger partial charge on any atom is -0.473 e. The van der Waals surface area contributed by atoms with E-state index in [9.17, 15) is 0 Å². The Hall–Kier alpha value is -0.176. The van der Waals surface area contributed by atoms with Crippen LogP contribution < -0.4 is 5.32 Å². The summed E-state index contributed by atoms with van der Waals surface area (Å²) in [5.41, 5.74) is 2.93. The maximum Gasteiger partial charge on any atom is 0 e. The van der Waals surface area contributed by atoms with Crippen LogP contribution in [0.15, 0.2) is 28.9 Å². The standard InChI is InChI=1S/C12H11ClN2.Y/c1-2-14-11-5-6-15-12-4-3-10(13)7-9(12)8-11;/h3-4,7,15H,5-6H2,1H3;/q-2;. The van der Waals surface area contributed by atoms with E-state index in [1.165, 1.54) is 0 Å². The van der Waals surface area contributed by atoms with Crippen LogP contribution in [0.2, 0.25) is 5.02 Å². The van der Waals surface area contributed by atoms with Crippen molar-refractivity contribution in [3.8, 4) is 0 Å². The smallest absolute Gasteiger partial charge is 0 e. The molecule has 0 aliphatic carbocycles. The second kappa shape index (κ2) is 6.53. The van der Waals surface area contributed by atoms with Gasteiger partial charge in [-0.2, -0.15) is 17.5 Å². The van der Waals surface area contributed by atoms with Crippen molar-refractivity contribution in [2.75, 3.05) is 11.9 Å². The molecule has 0 saturated heterocycles. The molecule has 1 aliphatic rings. The van der Waals surface area contributed by atoms with E-state index in [1.807, 2.05) is 18.2 Å². The summed E-state index contributed by atoms with van der Waals surface area (Å²) >= 11 is 5.93. The maximum absolute atomic E-state index is 5.93. The fraction of sp³-hybridized carbons (Fsp3) is 0.250. The number of halogens is 1. The maximum atomic E-state index is 5.93. The molecule has 0 amide bonds. The van der Waals surface area contributed by atoms with Gasteiger partial charge in [0.05, 0.1) is 0 Å². The summed E-state index contributed by atoms with van der Waals surface area (Å²) in [4.78, 5) is 4.14. The summed E-state index contributed by atoms with van der Waals surface area (Å²) < 4.78 is 0. The second-order valence-electron chi connectivity index (χ2n) is 3.27. The van der Waals surface area contributed by atoms with Gasteiger partial charge in [0, 0.05) is 32.7 Å². The number of anilines is 1. The molecule has 1 heterocycles. The van der Waals surface area contributed by atoms with Gasteiger partial charge in [-0.05, 0) is 11.6 Å². The first-order valence-corrected chi connectivity index (χ1v) is 5.21. The first-order valence-electron chi connectivity index (χ1n) is 4.83. The average Bonchev–Trinajstić information content (AvgIpc) is 2.39. The van der Waals surface area contributed by atoms with E-state index in [2.05, 4.69) is 22.6 Å². The molecule has 2 rings (SSSR count). The molecule has 1 aromatic carbocycles. The molecule has 81 valence electrons. The molecule has 2 nitrogen and oxygen atoms in total. The second-order valence-corrected chi connectivity index (χ2v) is 3.71. The van der Waals surface area contributed by atoms with Crippen LogP contribution >= 0.6 is 11.6 Å². The van der Waals surface area contributed by atoms with Crippen LogP contribution in [0.25, 0.3) is 0 Å². The van der Waals surface area contributed by atoms with Crippen LogP contribution in [0, 0.1) is 6.08 Å². The Balaban J connectivity index is 0.00000128. The zero-order valence-corrected chi connectivity index (χ0v) is 12.6. The molecule has 0 bridgehead atoms. The molecule has 16 heavy (non-hydrogen) atoms. The molecule has 4 heteroatoms. The van der Waals surface area contributed by atoms with Gasteiger partial charge >= 0.3 is 0 Å². The number of aliphatic imine (C=N–C) groups is 1. The van der Waals surface area contributed by atoms with Crippen molar-refractivity contribution in [1.29, 1.82) is 0 Å². The SMILES string of the molecule is C[C-]=NC1=[C-]c2cc(Cl)ccc2NCC1.[Y]. The topological polar surface area (TPSA) is 24.4 Å². The molecular formula is C12H11ClN2Y-2. The predicted octanol–water partition coefficient (Wildman–Crippen LogP) is 3.16. The van der Waals surface area contributed by atoms with Crippen molar-refractivity contribution in [2.24, 2.45) is 4.99 Å². The van der Waals surface area contributed by atoms with Crippen molar-refractivity contribution in [1.82, 2.24) is 0 Å². The van der Waals surface area contributed by atoms with Crippen molar-refractivity contribution in [3.05, 3.63) is 40.6 Å². The largest absolute Gasteiger partial charge is 0.473 e. The van der Waals surface area contributed by atoms with Gasteiger partial charge in [0.25, 0.3) is 0 Å². The zero-order chi connectivity index (χ0) is 10.7. The third kappa shape index (κ3) is 3.41. The Labute approximate surface area is 126 Å². The van der Waals surface area contributed by atoms with Gasteiger partial charge in [0.1, 0.15) is 0 Å². The molecule has 0 aromatic heterocycles. The third-order valence-electron chi connectivity index (χ3n) is 2.18. The summed E-state index contributed by atoms with van der Waals surface area (Å²) in [6.07, 6.45) is 6.87. The van der Waals surface area contributed by atoms with E-state index >= 15 is 0 Å². The fourth-order valence-electron chi connectivity index (χ4n) is 1.53. The first-order chi connectivity index (χ1) is 7.29. The Morgan fingerprint density at radius 2 is 2.31 bits per heavy atom. The average molecular weight is 308 g/mol. The van der Waals surface area contributed by atoms with Crippen molar-refractivity contribution in [3.63, 3.8) is 0 Å². The van der Waals surface area contributed by atoms with Crippen LogP contribution in [-0.2, 0) is 32.7 Å². The molecule has 0 unspecified atom stereocenters. The van der Waals surface area contributed by atoms with E-state index in [0.29, 0.717) is 5.02 Å². The van der Waals surface area contributed by atoms with E-state index in [0.717, 1.165) is 29.9 Å². The van der Waals surface area contributed by atoms with Crippen LogP contribution in [0.5, 0.6) is 0 Å². The van der Waals surface area contributed by atoms with Gasteiger partial charge in [-0.25, -0.2) is 0 Å².